The number of methoxy groups -OCH3 is 1. The standard InChI is InChI=1S/C29H30FN3O/c1-34-29-15-23-17-31-18-24(27(23)16-28(29)22-7-9-25(30)10-8-22)19-32-26-11-5-21(6-12-26)20-33-13-3-2-4-14-33/h5-12,15-17,19,32H,2-4,13-14,18,20H2,1H3. The third-order valence-corrected chi connectivity index (χ3v) is 6.59. The van der Waals surface area contributed by atoms with E-state index < -0.39 is 0 Å². The van der Waals surface area contributed by atoms with Gasteiger partial charge in [0.2, 0.25) is 0 Å². The van der Waals surface area contributed by atoms with Crippen LogP contribution in [-0.4, -0.2) is 37.9 Å². The lowest BCUT2D eigenvalue weighted by Crippen LogP contribution is -2.29. The van der Waals surface area contributed by atoms with Crippen LogP contribution in [0.15, 0.2) is 71.9 Å². The Bertz CT molecular complexity index is 1190. The first-order valence-electron chi connectivity index (χ1n) is 11.9. The zero-order chi connectivity index (χ0) is 23.3. The van der Waals surface area contributed by atoms with Crippen molar-refractivity contribution in [2.45, 2.75) is 25.8 Å². The molecule has 3 aromatic carbocycles. The molecule has 0 atom stereocenters. The highest BCUT2D eigenvalue weighted by Gasteiger charge is 2.17. The van der Waals surface area contributed by atoms with E-state index in [0.29, 0.717) is 6.54 Å². The first-order chi connectivity index (χ1) is 16.7. The fourth-order valence-electron chi connectivity index (χ4n) is 4.71. The summed E-state index contributed by atoms with van der Waals surface area (Å²) >= 11 is 0. The minimum Gasteiger partial charge on any atom is -0.496 e. The lowest BCUT2D eigenvalue weighted by Gasteiger charge is -2.26. The Labute approximate surface area is 200 Å². The molecule has 0 bridgehead atoms. The van der Waals surface area contributed by atoms with Gasteiger partial charge in [0.1, 0.15) is 11.6 Å². The van der Waals surface area contributed by atoms with Crippen molar-refractivity contribution in [2.24, 2.45) is 4.99 Å². The highest BCUT2D eigenvalue weighted by molar-refractivity contribution is 5.95. The monoisotopic (exact) mass is 455 g/mol. The summed E-state index contributed by atoms with van der Waals surface area (Å²) in [4.78, 5) is 7.08. The average Bonchev–Trinajstić information content (AvgIpc) is 2.88. The molecule has 1 saturated heterocycles. The van der Waals surface area contributed by atoms with Crippen LogP contribution in [-0.2, 0) is 6.54 Å². The van der Waals surface area contributed by atoms with Crippen LogP contribution < -0.4 is 10.1 Å². The van der Waals surface area contributed by atoms with E-state index in [2.05, 4.69) is 45.5 Å². The van der Waals surface area contributed by atoms with E-state index in [9.17, 15) is 4.39 Å². The van der Waals surface area contributed by atoms with E-state index in [1.54, 1.807) is 19.2 Å². The van der Waals surface area contributed by atoms with Crippen LogP contribution >= 0.6 is 0 Å². The molecule has 3 aromatic rings. The van der Waals surface area contributed by atoms with Gasteiger partial charge in [0.25, 0.3) is 0 Å². The summed E-state index contributed by atoms with van der Waals surface area (Å²) in [6, 6.07) is 19.3. The number of nitrogens with one attached hydrogen (secondary N) is 1. The number of hydrogen-bond acceptors (Lipinski definition) is 4. The third kappa shape index (κ3) is 5.05. The fraction of sp³-hybridized carbons (Fsp3) is 0.276. The molecule has 0 radical (unpaired) electrons. The van der Waals surface area contributed by atoms with Crippen molar-refractivity contribution in [3.05, 3.63) is 89.4 Å². The number of aliphatic imine (C=N–C) groups is 1. The van der Waals surface area contributed by atoms with Gasteiger partial charge in [0, 0.05) is 35.8 Å². The van der Waals surface area contributed by atoms with Crippen molar-refractivity contribution in [3.8, 4) is 16.9 Å². The molecule has 2 heterocycles. The summed E-state index contributed by atoms with van der Waals surface area (Å²) in [5, 5.41) is 3.45. The van der Waals surface area contributed by atoms with Gasteiger partial charge in [-0.25, -0.2) is 4.39 Å². The van der Waals surface area contributed by atoms with Gasteiger partial charge in [-0.15, -0.1) is 0 Å². The Hall–Kier alpha value is -3.44. The molecule has 2 aliphatic rings. The number of likely N-dealkylation sites (tertiary alicyclic amines) is 1. The van der Waals surface area contributed by atoms with Crippen LogP contribution in [0.25, 0.3) is 16.7 Å². The zero-order valence-corrected chi connectivity index (χ0v) is 19.6. The lowest BCUT2D eigenvalue weighted by molar-refractivity contribution is 0.221. The molecule has 34 heavy (non-hydrogen) atoms. The number of piperidine rings is 1. The molecule has 1 N–H and O–H groups in total. The van der Waals surface area contributed by atoms with Crippen LogP contribution in [0.3, 0.4) is 0 Å². The quantitative estimate of drug-likeness (QED) is 0.469. The Kier molecular flexibility index (Phi) is 6.72. The van der Waals surface area contributed by atoms with Crippen LogP contribution in [0, 0.1) is 5.82 Å². The molecule has 0 unspecified atom stereocenters. The van der Waals surface area contributed by atoms with Gasteiger partial charge in [-0.3, -0.25) is 9.89 Å². The van der Waals surface area contributed by atoms with Crippen molar-refractivity contribution in [2.75, 3.05) is 32.1 Å². The topological polar surface area (TPSA) is 36.9 Å². The summed E-state index contributed by atoms with van der Waals surface area (Å²) in [5.41, 5.74) is 7.47. The number of hydrogen-bond donors (Lipinski definition) is 1. The molecule has 5 rings (SSSR count). The molecule has 1 fully saturated rings. The molecule has 5 heteroatoms. The van der Waals surface area contributed by atoms with E-state index in [4.69, 9.17) is 4.74 Å². The first kappa shape index (κ1) is 22.4. The highest BCUT2D eigenvalue weighted by Crippen LogP contribution is 2.36. The average molecular weight is 456 g/mol. The Morgan fingerprint density at radius 1 is 0.971 bits per heavy atom. The van der Waals surface area contributed by atoms with Crippen LogP contribution in [0.1, 0.15) is 36.0 Å². The maximum atomic E-state index is 13.5. The van der Waals surface area contributed by atoms with Gasteiger partial charge >= 0.3 is 0 Å². The normalized spacial score (nSPS) is 16.9. The van der Waals surface area contributed by atoms with E-state index in [1.807, 2.05) is 18.5 Å². The summed E-state index contributed by atoms with van der Waals surface area (Å²) in [5.74, 6) is 0.495. The summed E-state index contributed by atoms with van der Waals surface area (Å²) < 4.78 is 19.1. The minimum atomic E-state index is -0.250. The van der Waals surface area contributed by atoms with Gasteiger partial charge in [0.15, 0.2) is 0 Å². The van der Waals surface area contributed by atoms with E-state index in [-0.39, 0.29) is 5.82 Å². The summed E-state index contributed by atoms with van der Waals surface area (Å²) in [6.45, 7) is 4.03. The summed E-state index contributed by atoms with van der Waals surface area (Å²) in [6.07, 6.45) is 7.91. The number of anilines is 1. The van der Waals surface area contributed by atoms with Crippen LogP contribution in [0.5, 0.6) is 5.75 Å². The lowest BCUT2D eigenvalue weighted by atomic mass is 9.93. The third-order valence-electron chi connectivity index (χ3n) is 6.59. The Balaban J connectivity index is 1.36. The molecular weight excluding hydrogens is 425 g/mol. The molecule has 0 aliphatic carbocycles. The van der Waals surface area contributed by atoms with Crippen molar-refractivity contribution < 1.29 is 9.13 Å². The van der Waals surface area contributed by atoms with Crippen LogP contribution in [0.2, 0.25) is 0 Å². The number of halogens is 1. The maximum Gasteiger partial charge on any atom is 0.127 e. The largest absolute Gasteiger partial charge is 0.496 e. The van der Waals surface area contributed by atoms with Crippen molar-refractivity contribution in [1.82, 2.24) is 4.90 Å². The van der Waals surface area contributed by atoms with Crippen molar-refractivity contribution in [1.29, 1.82) is 0 Å². The number of ether oxygens (including phenoxy) is 1. The second-order valence-corrected chi connectivity index (χ2v) is 8.96. The molecule has 0 spiro atoms. The Morgan fingerprint density at radius 2 is 1.74 bits per heavy atom. The van der Waals surface area contributed by atoms with Gasteiger partial charge < -0.3 is 10.1 Å². The molecule has 0 aromatic heterocycles. The second kappa shape index (κ2) is 10.2. The fourth-order valence-corrected chi connectivity index (χ4v) is 4.71. The molecule has 174 valence electrons. The maximum absolute atomic E-state index is 13.5. The van der Waals surface area contributed by atoms with E-state index in [1.165, 1.54) is 50.0 Å². The van der Waals surface area contributed by atoms with Crippen molar-refractivity contribution in [3.63, 3.8) is 0 Å². The number of benzene rings is 3. The molecule has 2 aliphatic heterocycles. The van der Waals surface area contributed by atoms with Gasteiger partial charge in [-0.2, -0.15) is 0 Å². The zero-order valence-electron chi connectivity index (χ0n) is 19.6. The minimum absolute atomic E-state index is 0.250. The SMILES string of the molecule is COc1cc2c(cc1-c1ccc(F)cc1)C(=CNc1ccc(CN3CCCCC3)cc1)CN=C2. The number of nitrogens with zero attached hydrogens (tertiary/aromatic N) is 2. The van der Waals surface area contributed by atoms with E-state index >= 15 is 0 Å². The van der Waals surface area contributed by atoms with Crippen molar-refractivity contribution >= 4 is 17.5 Å². The van der Waals surface area contributed by atoms with Gasteiger partial charge in [0.05, 0.1) is 13.7 Å². The summed E-state index contributed by atoms with van der Waals surface area (Å²) in [7, 11) is 1.65. The van der Waals surface area contributed by atoms with Gasteiger partial charge in [-0.1, -0.05) is 30.7 Å². The Morgan fingerprint density at radius 3 is 2.47 bits per heavy atom. The number of rotatable bonds is 6. The molecule has 0 amide bonds. The molecular formula is C29H30FN3O. The smallest absolute Gasteiger partial charge is 0.127 e. The van der Waals surface area contributed by atoms with Gasteiger partial charge in [-0.05, 0) is 84.6 Å². The predicted molar refractivity (Wildman–Crippen MR) is 138 cm³/mol. The molecule has 0 saturated carbocycles. The van der Waals surface area contributed by atoms with E-state index in [0.717, 1.165) is 45.8 Å². The second-order valence-electron chi connectivity index (χ2n) is 8.96. The highest BCUT2D eigenvalue weighted by atomic mass is 19.1. The first-order valence-corrected chi connectivity index (χ1v) is 11.9. The predicted octanol–water partition coefficient (Wildman–Crippen LogP) is 6.37. The number of fused-ring (bicyclic) bond motifs is 1. The molecule has 4 nitrogen and oxygen atoms in total. The van der Waals surface area contributed by atoms with Crippen LogP contribution in [0.4, 0.5) is 10.1 Å².